The maximum Gasteiger partial charge on any atom is 0.238 e. The Morgan fingerprint density at radius 1 is 0.783 bits per heavy atom. The number of halogens is 1. The Hall–Kier alpha value is -2.77. The van der Waals surface area contributed by atoms with Crippen molar-refractivity contribution in [3.8, 4) is 0 Å². The number of rotatable bonds is 4. The van der Waals surface area contributed by atoms with Gasteiger partial charge in [0.15, 0.2) is 0 Å². The second-order valence-corrected chi connectivity index (χ2v) is 4.60. The maximum absolute atomic E-state index is 12.4. The van der Waals surface area contributed by atoms with Gasteiger partial charge in [-0.15, -0.1) is 0 Å². The van der Waals surface area contributed by atoms with Crippen LogP contribution in [0.5, 0.6) is 0 Å². The van der Waals surface area contributed by atoms with E-state index in [9.17, 15) is 14.0 Å². The minimum Gasteiger partial charge on any atom is -0.294 e. The smallest absolute Gasteiger partial charge is 0.238 e. The summed E-state index contributed by atoms with van der Waals surface area (Å²) in [6.45, 7) is 0. The third kappa shape index (κ3) is 7.70. The van der Waals surface area contributed by atoms with Crippen molar-refractivity contribution in [1.29, 1.82) is 0 Å². The van der Waals surface area contributed by atoms with Gasteiger partial charge in [0.05, 0.1) is 12.8 Å². The Morgan fingerprint density at radius 3 is 1.65 bits per heavy atom. The highest BCUT2D eigenvalue weighted by Gasteiger charge is 2.00. The molecule has 0 spiro atoms. The molecule has 0 aromatic heterocycles. The fourth-order valence-electron chi connectivity index (χ4n) is 1.67. The average molecular weight is 318 g/mol. The number of carbonyl (C=O) groups is 2. The highest BCUT2D eigenvalue weighted by atomic mass is 19.1. The quantitative estimate of drug-likeness (QED) is 0.375. The lowest BCUT2D eigenvalue weighted by atomic mass is 10.1. The summed E-state index contributed by atoms with van der Waals surface area (Å²) in [4.78, 5) is 21.5. The summed E-state index contributed by atoms with van der Waals surface area (Å²) < 4.78 is 12.4. The van der Waals surface area contributed by atoms with Crippen molar-refractivity contribution in [1.82, 2.24) is 10.9 Å². The molecule has 0 bridgehead atoms. The lowest BCUT2D eigenvalue weighted by Gasteiger charge is -1.98. The van der Waals surface area contributed by atoms with Crippen molar-refractivity contribution < 1.29 is 14.0 Å². The van der Waals surface area contributed by atoms with E-state index in [0.29, 0.717) is 6.42 Å². The number of hydrogen-bond acceptors (Lipinski definition) is 4. The zero-order chi connectivity index (χ0) is 17.1. The molecule has 0 saturated carbocycles. The molecule has 2 aromatic rings. The van der Waals surface area contributed by atoms with Crippen molar-refractivity contribution in [2.45, 2.75) is 12.8 Å². The van der Waals surface area contributed by atoms with Crippen LogP contribution in [0.1, 0.15) is 11.1 Å². The monoisotopic (exact) mass is 318 g/mol. The predicted octanol–water partition coefficient (Wildman–Crippen LogP) is 0.577. The minimum absolute atomic E-state index is 0.170. The van der Waals surface area contributed by atoms with Crippen molar-refractivity contribution in [3.63, 3.8) is 0 Å². The second-order valence-electron chi connectivity index (χ2n) is 4.60. The molecule has 122 valence electrons. The van der Waals surface area contributed by atoms with Crippen LogP contribution in [0.3, 0.4) is 0 Å². The summed E-state index contributed by atoms with van der Waals surface area (Å²) in [5.74, 6) is 9.02. The van der Waals surface area contributed by atoms with Crippen LogP contribution >= 0.6 is 0 Å². The van der Waals surface area contributed by atoms with Gasteiger partial charge in [-0.1, -0.05) is 42.5 Å². The average Bonchev–Trinajstić information content (AvgIpc) is 2.58. The van der Waals surface area contributed by atoms with Crippen molar-refractivity contribution in [2.24, 2.45) is 11.7 Å². The first-order valence-corrected chi connectivity index (χ1v) is 6.82. The van der Waals surface area contributed by atoms with Crippen molar-refractivity contribution in [2.75, 3.05) is 0 Å². The Labute approximate surface area is 133 Å². The van der Waals surface area contributed by atoms with Gasteiger partial charge < -0.3 is 0 Å². The van der Waals surface area contributed by atoms with Gasteiger partial charge in [0.25, 0.3) is 0 Å². The standard InChI is InChI=1S/C8H9FN2O.C8H10N2O/c9-7-3-1-6(2-4-7)5-8(12)11-10;9-10-8(11)6-7-4-2-1-3-5-7/h1-4H,5,10H2,(H,11,12);1-5H,6,9H2,(H,10,11). The van der Waals surface area contributed by atoms with Crippen LogP contribution in [0.4, 0.5) is 4.39 Å². The van der Waals surface area contributed by atoms with Gasteiger partial charge in [0, 0.05) is 0 Å². The molecule has 2 aromatic carbocycles. The molecule has 0 radical (unpaired) electrons. The number of hydrazine groups is 2. The van der Waals surface area contributed by atoms with Crippen LogP contribution in [-0.2, 0) is 22.4 Å². The SMILES string of the molecule is NNC(=O)Cc1ccc(F)cc1.NNC(=O)Cc1ccccc1. The van der Waals surface area contributed by atoms with Gasteiger partial charge in [-0.2, -0.15) is 0 Å². The lowest BCUT2D eigenvalue weighted by Crippen LogP contribution is -2.31. The molecule has 0 aliphatic carbocycles. The molecule has 6 N–H and O–H groups in total. The van der Waals surface area contributed by atoms with Gasteiger partial charge in [-0.3, -0.25) is 20.4 Å². The first-order chi connectivity index (χ1) is 11.0. The van der Waals surface area contributed by atoms with Crippen LogP contribution in [0.25, 0.3) is 0 Å². The summed E-state index contributed by atoms with van der Waals surface area (Å²) in [5.41, 5.74) is 5.77. The molecular formula is C16H19FN4O2. The fourth-order valence-corrected chi connectivity index (χ4v) is 1.67. The van der Waals surface area contributed by atoms with Gasteiger partial charge >= 0.3 is 0 Å². The number of amides is 2. The molecule has 23 heavy (non-hydrogen) atoms. The summed E-state index contributed by atoms with van der Waals surface area (Å²) in [6, 6.07) is 15.2. The molecule has 7 heteroatoms. The van der Waals surface area contributed by atoms with E-state index >= 15 is 0 Å². The molecule has 0 aliphatic heterocycles. The normalized spacial score (nSPS) is 9.35. The first-order valence-electron chi connectivity index (χ1n) is 6.82. The topological polar surface area (TPSA) is 110 Å². The van der Waals surface area contributed by atoms with Crippen LogP contribution in [0.2, 0.25) is 0 Å². The van der Waals surface area contributed by atoms with E-state index < -0.39 is 0 Å². The molecule has 0 aliphatic rings. The van der Waals surface area contributed by atoms with Gasteiger partial charge in [0.1, 0.15) is 5.82 Å². The van der Waals surface area contributed by atoms with E-state index in [1.54, 1.807) is 12.1 Å². The second kappa shape index (κ2) is 10.0. The first kappa shape index (κ1) is 18.3. The molecule has 6 nitrogen and oxygen atoms in total. The third-order valence-electron chi connectivity index (χ3n) is 2.81. The molecule has 0 heterocycles. The van der Waals surface area contributed by atoms with Crippen molar-refractivity contribution >= 4 is 11.8 Å². The molecule has 2 rings (SSSR count). The molecular weight excluding hydrogens is 299 g/mol. The maximum atomic E-state index is 12.4. The molecule has 0 unspecified atom stereocenters. The van der Waals surface area contributed by atoms with Crippen LogP contribution < -0.4 is 22.5 Å². The largest absolute Gasteiger partial charge is 0.294 e. The minimum atomic E-state index is -0.313. The summed E-state index contributed by atoms with van der Waals surface area (Å²) in [7, 11) is 0. The van der Waals surface area contributed by atoms with Gasteiger partial charge in [0.2, 0.25) is 11.8 Å². The summed E-state index contributed by atoms with van der Waals surface area (Å²) >= 11 is 0. The number of nitrogens with two attached hydrogens (primary N) is 2. The Morgan fingerprint density at radius 2 is 1.22 bits per heavy atom. The lowest BCUT2D eigenvalue weighted by molar-refractivity contribution is -0.121. The summed E-state index contributed by atoms with van der Waals surface area (Å²) in [5, 5.41) is 0. The summed E-state index contributed by atoms with van der Waals surface area (Å²) in [6.07, 6.45) is 0.522. The van der Waals surface area contributed by atoms with Gasteiger partial charge in [-0.25, -0.2) is 16.1 Å². The van der Waals surface area contributed by atoms with E-state index in [0.717, 1.165) is 11.1 Å². The fraction of sp³-hybridized carbons (Fsp3) is 0.125. The highest BCUT2D eigenvalue weighted by molar-refractivity contribution is 5.78. The van der Waals surface area contributed by atoms with Crippen LogP contribution in [0.15, 0.2) is 54.6 Å². The van der Waals surface area contributed by atoms with Crippen molar-refractivity contribution in [3.05, 3.63) is 71.5 Å². The molecule has 2 amide bonds. The number of benzene rings is 2. The van der Waals surface area contributed by atoms with Crippen LogP contribution in [0, 0.1) is 5.82 Å². The van der Waals surface area contributed by atoms with E-state index in [1.165, 1.54) is 12.1 Å². The van der Waals surface area contributed by atoms with E-state index in [4.69, 9.17) is 11.7 Å². The molecule has 0 atom stereocenters. The Bertz CT molecular complexity index is 618. The molecule has 0 saturated heterocycles. The number of nitrogens with one attached hydrogen (secondary N) is 2. The number of carbonyl (C=O) groups excluding carboxylic acids is 2. The van der Waals surface area contributed by atoms with E-state index in [1.807, 2.05) is 35.8 Å². The zero-order valence-electron chi connectivity index (χ0n) is 12.5. The number of hydrogen-bond donors (Lipinski definition) is 4. The molecule has 0 fully saturated rings. The van der Waals surface area contributed by atoms with Crippen LogP contribution in [-0.4, -0.2) is 11.8 Å². The van der Waals surface area contributed by atoms with E-state index in [-0.39, 0.29) is 24.1 Å². The predicted molar refractivity (Wildman–Crippen MR) is 84.9 cm³/mol. The highest BCUT2D eigenvalue weighted by Crippen LogP contribution is 2.02. The van der Waals surface area contributed by atoms with E-state index in [2.05, 4.69) is 5.43 Å². The zero-order valence-corrected chi connectivity index (χ0v) is 12.5. The van der Waals surface area contributed by atoms with Gasteiger partial charge in [-0.05, 0) is 23.3 Å². The Kier molecular flexibility index (Phi) is 7.98. The third-order valence-corrected chi connectivity index (χ3v) is 2.81. The Balaban J connectivity index is 0.000000231.